The molecule has 18 heavy (non-hydrogen) atoms. The van der Waals surface area contributed by atoms with Crippen LogP contribution in [0.2, 0.25) is 0 Å². The van der Waals surface area contributed by atoms with E-state index in [0.717, 1.165) is 11.1 Å². The highest BCUT2D eigenvalue weighted by Crippen LogP contribution is 2.30. The number of nitrogens with zero attached hydrogens (tertiary/aromatic N) is 1. The van der Waals surface area contributed by atoms with E-state index in [1.54, 1.807) is 24.5 Å². The van der Waals surface area contributed by atoms with Gasteiger partial charge < -0.3 is 5.73 Å². The predicted octanol–water partition coefficient (Wildman–Crippen LogP) is 3.79. The van der Waals surface area contributed by atoms with Gasteiger partial charge in [0.2, 0.25) is 0 Å². The molecule has 0 aliphatic heterocycles. The van der Waals surface area contributed by atoms with Crippen molar-refractivity contribution in [2.45, 2.75) is 18.9 Å². The van der Waals surface area contributed by atoms with Gasteiger partial charge in [-0.25, -0.2) is 4.39 Å². The molecule has 2 rings (SSSR count). The van der Waals surface area contributed by atoms with Crippen LogP contribution in [0.15, 0.2) is 47.2 Å². The summed E-state index contributed by atoms with van der Waals surface area (Å²) in [5.41, 5.74) is 8.26. The van der Waals surface area contributed by atoms with Crippen LogP contribution in [-0.2, 0) is 0 Å². The maximum atomic E-state index is 13.2. The third kappa shape index (κ3) is 2.76. The van der Waals surface area contributed by atoms with E-state index in [9.17, 15) is 4.39 Å². The first kappa shape index (κ1) is 13.2. The van der Waals surface area contributed by atoms with Gasteiger partial charge in [-0.05, 0) is 51.3 Å². The van der Waals surface area contributed by atoms with E-state index in [0.29, 0.717) is 4.47 Å². The van der Waals surface area contributed by atoms with Gasteiger partial charge in [-0.1, -0.05) is 13.0 Å². The minimum Gasteiger partial charge on any atom is -0.323 e. The minimum atomic E-state index is -0.275. The summed E-state index contributed by atoms with van der Waals surface area (Å²) in [6, 6.07) is 8.61. The average molecular weight is 309 g/mol. The summed E-state index contributed by atoms with van der Waals surface area (Å²) in [4.78, 5) is 3.99. The zero-order valence-electron chi connectivity index (χ0n) is 9.98. The molecule has 1 aromatic carbocycles. The first-order valence-electron chi connectivity index (χ1n) is 5.70. The molecule has 2 nitrogen and oxygen atoms in total. The second kappa shape index (κ2) is 5.59. The van der Waals surface area contributed by atoms with Gasteiger partial charge in [-0.3, -0.25) is 4.98 Å². The summed E-state index contributed by atoms with van der Waals surface area (Å²) in [6.45, 7) is 2.05. The molecule has 2 atom stereocenters. The van der Waals surface area contributed by atoms with E-state index in [2.05, 4.69) is 27.8 Å². The first-order chi connectivity index (χ1) is 8.59. The summed E-state index contributed by atoms with van der Waals surface area (Å²) in [7, 11) is 0. The normalized spacial score (nSPS) is 14.2. The van der Waals surface area contributed by atoms with Crippen molar-refractivity contribution in [3.05, 3.63) is 64.1 Å². The van der Waals surface area contributed by atoms with E-state index in [1.807, 2.05) is 12.1 Å². The molecular weight excluding hydrogens is 295 g/mol. The Kier molecular flexibility index (Phi) is 4.09. The van der Waals surface area contributed by atoms with Crippen molar-refractivity contribution in [1.29, 1.82) is 0 Å². The Bertz CT molecular complexity index is 531. The van der Waals surface area contributed by atoms with Crippen molar-refractivity contribution in [3.8, 4) is 0 Å². The fourth-order valence-corrected chi connectivity index (χ4v) is 2.28. The highest BCUT2D eigenvalue weighted by Gasteiger charge is 2.17. The molecule has 2 N–H and O–H groups in total. The zero-order chi connectivity index (χ0) is 13.1. The molecule has 0 fully saturated rings. The lowest BCUT2D eigenvalue weighted by atomic mass is 9.90. The largest absolute Gasteiger partial charge is 0.323 e. The topological polar surface area (TPSA) is 38.9 Å². The van der Waals surface area contributed by atoms with Crippen LogP contribution in [0.5, 0.6) is 0 Å². The molecule has 0 aliphatic rings. The molecule has 0 radical (unpaired) electrons. The monoisotopic (exact) mass is 308 g/mol. The van der Waals surface area contributed by atoms with Crippen LogP contribution in [0.1, 0.15) is 30.0 Å². The number of hydrogen-bond donors (Lipinski definition) is 1. The molecule has 4 heteroatoms. The second-order valence-electron chi connectivity index (χ2n) is 4.27. The smallest absolute Gasteiger partial charge is 0.137 e. The zero-order valence-corrected chi connectivity index (χ0v) is 11.6. The molecule has 2 aromatic rings. The van der Waals surface area contributed by atoms with Crippen LogP contribution >= 0.6 is 15.9 Å². The molecule has 2 unspecified atom stereocenters. The summed E-state index contributed by atoms with van der Waals surface area (Å²) in [6.07, 6.45) is 3.50. The Morgan fingerprint density at radius 1 is 1.17 bits per heavy atom. The quantitative estimate of drug-likeness (QED) is 0.937. The molecule has 0 saturated heterocycles. The van der Waals surface area contributed by atoms with E-state index < -0.39 is 0 Å². The van der Waals surface area contributed by atoms with E-state index in [4.69, 9.17) is 5.73 Å². The van der Waals surface area contributed by atoms with Crippen LogP contribution < -0.4 is 5.73 Å². The predicted molar refractivity (Wildman–Crippen MR) is 73.7 cm³/mol. The fraction of sp³-hybridized carbons (Fsp3) is 0.214. The van der Waals surface area contributed by atoms with Gasteiger partial charge in [0.25, 0.3) is 0 Å². The number of aromatic nitrogens is 1. The van der Waals surface area contributed by atoms with Crippen molar-refractivity contribution in [3.63, 3.8) is 0 Å². The number of halogens is 2. The van der Waals surface area contributed by atoms with Crippen LogP contribution in [0.3, 0.4) is 0 Å². The van der Waals surface area contributed by atoms with Gasteiger partial charge in [-0.2, -0.15) is 0 Å². The number of rotatable bonds is 3. The number of hydrogen-bond acceptors (Lipinski definition) is 2. The highest BCUT2D eigenvalue weighted by atomic mass is 79.9. The van der Waals surface area contributed by atoms with Crippen LogP contribution in [0.4, 0.5) is 4.39 Å². The maximum Gasteiger partial charge on any atom is 0.137 e. The SMILES string of the molecule is CC(c1ccncc1)C(N)c1ccc(F)c(Br)c1. The molecule has 1 heterocycles. The minimum absolute atomic E-state index is 0.144. The standard InChI is InChI=1S/C14H14BrFN2/c1-9(10-4-6-18-7-5-10)14(17)11-2-3-13(16)12(15)8-11/h2-9,14H,17H2,1H3. The highest BCUT2D eigenvalue weighted by molar-refractivity contribution is 9.10. The summed E-state index contributed by atoms with van der Waals surface area (Å²) >= 11 is 3.18. The van der Waals surface area contributed by atoms with Crippen molar-refractivity contribution >= 4 is 15.9 Å². The third-order valence-corrected chi connectivity index (χ3v) is 3.71. The van der Waals surface area contributed by atoms with Gasteiger partial charge in [0.05, 0.1) is 4.47 Å². The average Bonchev–Trinajstić information content (AvgIpc) is 2.41. The van der Waals surface area contributed by atoms with Crippen molar-refractivity contribution in [2.24, 2.45) is 5.73 Å². The van der Waals surface area contributed by atoms with Gasteiger partial charge in [0.1, 0.15) is 5.82 Å². The Balaban J connectivity index is 2.25. The fourth-order valence-electron chi connectivity index (χ4n) is 1.88. The lowest BCUT2D eigenvalue weighted by Crippen LogP contribution is -2.17. The van der Waals surface area contributed by atoms with Gasteiger partial charge in [0.15, 0.2) is 0 Å². The maximum absolute atomic E-state index is 13.2. The molecule has 0 spiro atoms. The van der Waals surface area contributed by atoms with E-state index >= 15 is 0 Å². The van der Waals surface area contributed by atoms with Gasteiger partial charge in [0, 0.05) is 24.4 Å². The number of benzene rings is 1. The summed E-state index contributed by atoms with van der Waals surface area (Å²) in [5.74, 6) is -0.132. The Labute approximate surface area is 114 Å². The van der Waals surface area contributed by atoms with Crippen LogP contribution in [0.25, 0.3) is 0 Å². The molecule has 0 saturated carbocycles. The van der Waals surface area contributed by atoms with Crippen molar-refractivity contribution in [2.75, 3.05) is 0 Å². The second-order valence-corrected chi connectivity index (χ2v) is 5.12. The van der Waals surface area contributed by atoms with Crippen LogP contribution in [-0.4, -0.2) is 4.98 Å². The Hall–Kier alpha value is -1.26. The Morgan fingerprint density at radius 2 is 1.83 bits per heavy atom. The summed E-state index contributed by atoms with van der Waals surface area (Å²) < 4.78 is 13.6. The molecule has 1 aromatic heterocycles. The van der Waals surface area contributed by atoms with E-state index in [-0.39, 0.29) is 17.8 Å². The van der Waals surface area contributed by atoms with Gasteiger partial charge >= 0.3 is 0 Å². The molecule has 0 amide bonds. The number of nitrogens with two attached hydrogens (primary N) is 1. The third-order valence-electron chi connectivity index (χ3n) is 3.10. The lowest BCUT2D eigenvalue weighted by Gasteiger charge is -2.21. The van der Waals surface area contributed by atoms with Crippen molar-refractivity contribution < 1.29 is 4.39 Å². The molecule has 94 valence electrons. The lowest BCUT2D eigenvalue weighted by molar-refractivity contribution is 0.588. The van der Waals surface area contributed by atoms with Crippen LogP contribution in [0, 0.1) is 5.82 Å². The van der Waals surface area contributed by atoms with E-state index in [1.165, 1.54) is 6.07 Å². The number of pyridine rings is 1. The molecular formula is C14H14BrFN2. The van der Waals surface area contributed by atoms with Crippen molar-refractivity contribution in [1.82, 2.24) is 4.98 Å². The molecule has 0 bridgehead atoms. The van der Waals surface area contributed by atoms with Gasteiger partial charge in [-0.15, -0.1) is 0 Å². The first-order valence-corrected chi connectivity index (χ1v) is 6.49. The summed E-state index contributed by atoms with van der Waals surface area (Å²) in [5, 5.41) is 0. The Morgan fingerprint density at radius 3 is 2.44 bits per heavy atom. The molecule has 0 aliphatic carbocycles.